The highest BCUT2D eigenvalue weighted by Crippen LogP contribution is 2.30. The summed E-state index contributed by atoms with van der Waals surface area (Å²) in [6.07, 6.45) is -0.621. The van der Waals surface area contributed by atoms with Crippen LogP contribution in [0.4, 0.5) is 10.5 Å². The number of amides is 2. The number of piperazine rings is 1. The van der Waals surface area contributed by atoms with Gasteiger partial charge in [-0.1, -0.05) is 18.2 Å². The first-order valence-corrected chi connectivity index (χ1v) is 13.2. The molecule has 5 aromatic rings. The van der Waals surface area contributed by atoms with Gasteiger partial charge in [0.2, 0.25) is 0 Å². The number of carbonyl (C=O) groups is 1. The van der Waals surface area contributed by atoms with Gasteiger partial charge in [0, 0.05) is 61.3 Å². The highest BCUT2D eigenvalue weighted by molar-refractivity contribution is 7.18. The van der Waals surface area contributed by atoms with Crippen LogP contribution in [0, 0.1) is 6.92 Å². The molecule has 2 N–H and O–H groups in total. The molecule has 0 saturated carbocycles. The Morgan fingerprint density at radius 2 is 1.89 bits per heavy atom. The van der Waals surface area contributed by atoms with Crippen molar-refractivity contribution in [2.24, 2.45) is 0 Å². The quantitative estimate of drug-likeness (QED) is 0.327. The number of aromatic nitrogens is 1. The molecule has 2 aromatic heterocycles. The topological polar surface area (TPSA) is 91.1 Å². The maximum absolute atomic E-state index is 12.9. The van der Waals surface area contributed by atoms with Crippen LogP contribution >= 0.6 is 11.3 Å². The van der Waals surface area contributed by atoms with Crippen molar-refractivity contribution in [2.75, 3.05) is 44.6 Å². The third-order valence-electron chi connectivity index (χ3n) is 6.67. The van der Waals surface area contributed by atoms with E-state index >= 15 is 0 Å². The minimum atomic E-state index is -0.621. The summed E-state index contributed by atoms with van der Waals surface area (Å²) in [5, 5.41) is 16.6. The summed E-state index contributed by atoms with van der Waals surface area (Å²) in [6.45, 7) is 5.25. The number of aliphatic hydroxyl groups excluding tert-OH is 1. The van der Waals surface area contributed by atoms with E-state index in [1.165, 1.54) is 0 Å². The molecule has 8 nitrogen and oxygen atoms in total. The van der Waals surface area contributed by atoms with Crippen LogP contribution < -0.4 is 10.1 Å². The minimum absolute atomic E-state index is 0.133. The Hall–Kier alpha value is -3.66. The summed E-state index contributed by atoms with van der Waals surface area (Å²) in [5.41, 5.74) is 3.21. The monoisotopic (exact) mass is 516 g/mol. The van der Waals surface area contributed by atoms with Crippen LogP contribution in [-0.4, -0.2) is 71.4 Å². The summed E-state index contributed by atoms with van der Waals surface area (Å²) < 4.78 is 12.9. The van der Waals surface area contributed by atoms with Crippen LogP contribution in [0.1, 0.15) is 5.01 Å². The van der Waals surface area contributed by atoms with Gasteiger partial charge < -0.3 is 24.5 Å². The normalized spacial score (nSPS) is 15.5. The van der Waals surface area contributed by atoms with Gasteiger partial charge in [-0.2, -0.15) is 0 Å². The van der Waals surface area contributed by atoms with E-state index in [0.29, 0.717) is 44.2 Å². The molecule has 1 aliphatic heterocycles. The third-order valence-corrected chi connectivity index (χ3v) is 7.62. The summed E-state index contributed by atoms with van der Waals surface area (Å²) in [4.78, 5) is 21.3. The zero-order valence-electron chi connectivity index (χ0n) is 20.5. The van der Waals surface area contributed by atoms with Crippen LogP contribution in [0.2, 0.25) is 0 Å². The molecule has 0 aliphatic carbocycles. The number of aliphatic hydroxyl groups is 1. The molecule has 9 heteroatoms. The first kappa shape index (κ1) is 23.7. The van der Waals surface area contributed by atoms with Crippen molar-refractivity contribution in [3.63, 3.8) is 0 Å². The Bertz CT molecular complexity index is 1570. The maximum Gasteiger partial charge on any atom is 0.321 e. The maximum atomic E-state index is 12.9. The fraction of sp³-hybridized carbons (Fsp3) is 0.286. The van der Waals surface area contributed by atoms with E-state index < -0.39 is 6.10 Å². The van der Waals surface area contributed by atoms with Crippen LogP contribution in [0.5, 0.6) is 5.75 Å². The number of thiazole rings is 1. The van der Waals surface area contributed by atoms with Crippen LogP contribution in [0.3, 0.4) is 0 Å². The summed E-state index contributed by atoms with van der Waals surface area (Å²) >= 11 is 1.65. The van der Waals surface area contributed by atoms with Crippen molar-refractivity contribution >= 4 is 55.2 Å². The van der Waals surface area contributed by atoms with Crippen molar-refractivity contribution in [1.29, 1.82) is 0 Å². The van der Waals surface area contributed by atoms with Gasteiger partial charge >= 0.3 is 6.03 Å². The molecule has 2 amide bonds. The number of β-amino-alcohol motifs (C(OH)–C–C–N with tert-alkyl or cyclic N) is 1. The highest BCUT2D eigenvalue weighted by atomic mass is 32.1. The second kappa shape index (κ2) is 10.0. The Morgan fingerprint density at radius 1 is 1.08 bits per heavy atom. The first-order valence-electron chi connectivity index (χ1n) is 12.4. The Kier molecular flexibility index (Phi) is 6.42. The molecule has 0 bridgehead atoms. The number of aryl methyl sites for hydroxylation is 1. The molecular weight excluding hydrogens is 488 g/mol. The van der Waals surface area contributed by atoms with Crippen molar-refractivity contribution in [2.45, 2.75) is 13.0 Å². The van der Waals surface area contributed by atoms with Gasteiger partial charge in [0.15, 0.2) is 0 Å². The lowest BCUT2D eigenvalue weighted by atomic mass is 10.1. The molecule has 0 unspecified atom stereocenters. The number of carbonyl (C=O) groups excluding carboxylic acids is 1. The second-order valence-electron chi connectivity index (χ2n) is 9.35. The van der Waals surface area contributed by atoms with Gasteiger partial charge in [0.25, 0.3) is 0 Å². The number of benzene rings is 3. The summed E-state index contributed by atoms with van der Waals surface area (Å²) in [7, 11) is 0. The highest BCUT2D eigenvalue weighted by Gasteiger charge is 2.23. The van der Waals surface area contributed by atoms with Gasteiger partial charge in [-0.15, -0.1) is 11.3 Å². The van der Waals surface area contributed by atoms with E-state index in [1.807, 2.05) is 67.6 Å². The molecule has 1 saturated heterocycles. The average Bonchev–Trinajstić information content (AvgIpc) is 3.46. The number of rotatable bonds is 6. The molecule has 190 valence electrons. The van der Waals surface area contributed by atoms with E-state index in [4.69, 9.17) is 9.15 Å². The first-order chi connectivity index (χ1) is 18.0. The van der Waals surface area contributed by atoms with Crippen molar-refractivity contribution < 1.29 is 19.1 Å². The van der Waals surface area contributed by atoms with Gasteiger partial charge in [-0.25, -0.2) is 9.78 Å². The Morgan fingerprint density at radius 3 is 2.76 bits per heavy atom. The van der Waals surface area contributed by atoms with Gasteiger partial charge in [0.1, 0.15) is 29.6 Å². The van der Waals surface area contributed by atoms with Gasteiger partial charge in [-0.3, -0.25) is 4.90 Å². The SMILES string of the molecule is Cc1nc2cc(OC[C@H](O)CN3CCN(C(=O)Nc4ccc5c(c4)oc4ccccc45)CC3)ccc2s1. The summed E-state index contributed by atoms with van der Waals surface area (Å²) in [5.74, 6) is 0.708. The predicted molar refractivity (Wildman–Crippen MR) is 147 cm³/mol. The molecule has 6 rings (SSSR count). The summed E-state index contributed by atoms with van der Waals surface area (Å²) in [6, 6.07) is 19.4. The molecular formula is C28H28N4O4S. The van der Waals surface area contributed by atoms with Crippen molar-refractivity contribution in [3.8, 4) is 5.75 Å². The number of para-hydroxylation sites is 1. The third kappa shape index (κ3) is 5.11. The van der Waals surface area contributed by atoms with Crippen LogP contribution in [-0.2, 0) is 0 Å². The van der Waals surface area contributed by atoms with Gasteiger partial charge in [-0.05, 0) is 37.3 Å². The largest absolute Gasteiger partial charge is 0.491 e. The van der Waals surface area contributed by atoms with E-state index in [2.05, 4.69) is 15.2 Å². The lowest BCUT2D eigenvalue weighted by Gasteiger charge is -2.35. The number of nitrogens with zero attached hydrogens (tertiary/aromatic N) is 3. The molecule has 1 aliphatic rings. The Labute approximate surface area is 218 Å². The lowest BCUT2D eigenvalue weighted by molar-refractivity contribution is 0.0526. The number of nitrogens with one attached hydrogen (secondary N) is 1. The fourth-order valence-corrected chi connectivity index (χ4v) is 5.60. The molecule has 1 fully saturated rings. The number of hydrogen-bond acceptors (Lipinski definition) is 7. The lowest BCUT2D eigenvalue weighted by Crippen LogP contribution is -2.51. The number of urea groups is 1. The van der Waals surface area contributed by atoms with E-state index in [1.54, 1.807) is 16.2 Å². The number of fused-ring (bicyclic) bond motifs is 4. The number of furan rings is 1. The van der Waals surface area contributed by atoms with E-state index in [0.717, 1.165) is 37.2 Å². The minimum Gasteiger partial charge on any atom is -0.491 e. The smallest absolute Gasteiger partial charge is 0.321 e. The Balaban J connectivity index is 0.981. The zero-order valence-corrected chi connectivity index (χ0v) is 21.3. The van der Waals surface area contributed by atoms with Gasteiger partial charge in [0.05, 0.1) is 15.2 Å². The molecule has 3 aromatic carbocycles. The van der Waals surface area contributed by atoms with Crippen molar-refractivity contribution in [3.05, 3.63) is 65.7 Å². The average molecular weight is 517 g/mol. The molecule has 3 heterocycles. The second-order valence-corrected chi connectivity index (χ2v) is 10.6. The number of hydrogen-bond donors (Lipinski definition) is 2. The predicted octanol–water partition coefficient (Wildman–Crippen LogP) is 5.09. The van der Waals surface area contributed by atoms with Crippen LogP contribution in [0.25, 0.3) is 32.2 Å². The number of anilines is 1. The molecule has 1 atom stereocenters. The van der Waals surface area contributed by atoms with E-state index in [-0.39, 0.29) is 12.6 Å². The van der Waals surface area contributed by atoms with E-state index in [9.17, 15) is 9.90 Å². The molecule has 0 radical (unpaired) electrons. The van der Waals surface area contributed by atoms with Crippen LogP contribution in [0.15, 0.2) is 65.1 Å². The number of ether oxygens (including phenoxy) is 1. The fourth-order valence-electron chi connectivity index (χ4n) is 4.80. The molecule has 0 spiro atoms. The zero-order chi connectivity index (χ0) is 25.4. The molecule has 37 heavy (non-hydrogen) atoms. The van der Waals surface area contributed by atoms with Crippen molar-refractivity contribution in [1.82, 2.24) is 14.8 Å². The standard InChI is InChI=1S/C28H28N4O4S/c1-18-29-24-15-21(7-9-27(24)37-18)35-17-20(33)16-31-10-12-32(13-11-31)28(34)30-19-6-8-23-22-4-2-3-5-25(22)36-26(23)14-19/h2-9,14-15,20,33H,10-13,16-17H2,1H3,(H,30,34)/t20-/m1/s1.